The summed E-state index contributed by atoms with van der Waals surface area (Å²) in [5.41, 5.74) is 0.627. The van der Waals surface area contributed by atoms with E-state index in [1.165, 1.54) is 6.07 Å². The van der Waals surface area contributed by atoms with E-state index in [4.69, 9.17) is 0 Å². The van der Waals surface area contributed by atoms with Gasteiger partial charge in [0, 0.05) is 12.5 Å². The quantitative estimate of drug-likeness (QED) is 0.495. The highest BCUT2D eigenvalue weighted by Crippen LogP contribution is 2.29. The van der Waals surface area contributed by atoms with Crippen molar-refractivity contribution in [2.24, 2.45) is 0 Å². The Bertz CT molecular complexity index is 586. The highest BCUT2D eigenvalue weighted by atomic mass is 79.9. The average Bonchev–Trinajstić information content (AvgIpc) is 2.28. The highest BCUT2D eigenvalue weighted by Gasteiger charge is 2.16. The van der Waals surface area contributed by atoms with E-state index in [9.17, 15) is 10.1 Å². The van der Waals surface area contributed by atoms with Gasteiger partial charge in [-0.1, -0.05) is 13.0 Å². The Morgan fingerprint density at radius 1 is 1.41 bits per heavy atom. The van der Waals surface area contributed by atoms with Crippen LogP contribution >= 0.6 is 15.9 Å². The number of nitro groups is 1. The third kappa shape index (κ3) is 2.26. The summed E-state index contributed by atoms with van der Waals surface area (Å²) in [5, 5.41) is 11.4. The second-order valence-corrected chi connectivity index (χ2v) is 4.36. The lowest BCUT2D eigenvalue weighted by Crippen LogP contribution is -1.98. The molecule has 0 aliphatic carbocycles. The molecule has 2 aromatic rings. The largest absolute Gasteiger partial charge is 0.281 e. The molecule has 0 N–H and O–H groups in total. The number of non-ortho nitro benzene ring substituents is 1. The monoisotopic (exact) mass is 295 g/mol. The van der Waals surface area contributed by atoms with Crippen molar-refractivity contribution >= 4 is 32.5 Å². The van der Waals surface area contributed by atoms with Crippen LogP contribution in [0, 0.1) is 10.1 Å². The third-order valence-corrected chi connectivity index (χ3v) is 2.95. The smallest absolute Gasteiger partial charge is 0.258 e. The van der Waals surface area contributed by atoms with Crippen molar-refractivity contribution in [1.82, 2.24) is 9.97 Å². The lowest BCUT2D eigenvalue weighted by Gasteiger charge is -2.04. The van der Waals surface area contributed by atoms with E-state index in [1.54, 1.807) is 12.1 Å². The fraction of sp³-hybridized carbons (Fsp3) is 0.273. The zero-order valence-corrected chi connectivity index (χ0v) is 10.8. The number of nitro benzene ring substituents is 1. The Hall–Kier alpha value is -1.56. The molecule has 0 amide bonds. The summed E-state index contributed by atoms with van der Waals surface area (Å²) in [4.78, 5) is 19.0. The molecule has 17 heavy (non-hydrogen) atoms. The predicted molar refractivity (Wildman–Crippen MR) is 67.9 cm³/mol. The van der Waals surface area contributed by atoms with Crippen LogP contribution < -0.4 is 0 Å². The van der Waals surface area contributed by atoms with Crippen LogP contribution in [0.15, 0.2) is 22.8 Å². The first-order chi connectivity index (χ1) is 8.13. The molecule has 0 aliphatic heterocycles. The number of benzene rings is 1. The number of fused-ring (bicyclic) bond motifs is 1. The maximum Gasteiger partial charge on any atom is 0.281 e. The van der Waals surface area contributed by atoms with Crippen LogP contribution in [0.2, 0.25) is 0 Å². The molecule has 0 aliphatic rings. The van der Waals surface area contributed by atoms with Crippen molar-refractivity contribution in [3.8, 4) is 0 Å². The molecule has 1 heterocycles. The molecule has 2 rings (SSSR count). The molecule has 0 saturated carbocycles. The van der Waals surface area contributed by atoms with Gasteiger partial charge in [0.15, 0.2) is 0 Å². The Balaban J connectivity index is 2.71. The van der Waals surface area contributed by atoms with Crippen LogP contribution in [-0.2, 0) is 6.42 Å². The Morgan fingerprint density at radius 2 is 2.18 bits per heavy atom. The molecule has 1 aromatic heterocycles. The van der Waals surface area contributed by atoms with Gasteiger partial charge in [0.05, 0.1) is 10.4 Å². The second-order valence-electron chi connectivity index (χ2n) is 3.61. The predicted octanol–water partition coefficient (Wildman–Crippen LogP) is 3.25. The third-order valence-electron chi connectivity index (χ3n) is 2.37. The average molecular weight is 296 g/mol. The normalized spacial score (nSPS) is 10.7. The SMILES string of the molecule is CCCc1nc(Br)c2c([N+](=O)[O-])cccc2n1. The molecule has 6 heteroatoms. The fourth-order valence-electron chi connectivity index (χ4n) is 1.65. The van der Waals surface area contributed by atoms with Gasteiger partial charge in [0.2, 0.25) is 0 Å². The lowest BCUT2D eigenvalue weighted by molar-refractivity contribution is -0.383. The summed E-state index contributed by atoms with van der Waals surface area (Å²) in [5.74, 6) is 0.701. The summed E-state index contributed by atoms with van der Waals surface area (Å²) in [6.07, 6.45) is 1.70. The van der Waals surface area contributed by atoms with Gasteiger partial charge in [-0.2, -0.15) is 0 Å². The number of rotatable bonds is 3. The molecule has 0 unspecified atom stereocenters. The standard InChI is InChI=1S/C11H10BrN3O2/c1-2-4-9-13-7-5-3-6-8(15(16)17)10(7)11(12)14-9/h3,5-6H,2,4H2,1H3. The lowest BCUT2D eigenvalue weighted by atomic mass is 10.2. The molecule has 0 spiro atoms. The summed E-state index contributed by atoms with van der Waals surface area (Å²) < 4.78 is 0.484. The summed E-state index contributed by atoms with van der Waals surface area (Å²) in [6.45, 7) is 2.04. The van der Waals surface area contributed by atoms with Crippen molar-refractivity contribution in [2.75, 3.05) is 0 Å². The van der Waals surface area contributed by atoms with E-state index in [1.807, 2.05) is 6.92 Å². The molecular formula is C11H10BrN3O2. The molecule has 0 radical (unpaired) electrons. The molecule has 88 valence electrons. The van der Waals surface area contributed by atoms with E-state index in [-0.39, 0.29) is 5.69 Å². The first kappa shape index (κ1) is 11.9. The molecule has 0 bridgehead atoms. The topological polar surface area (TPSA) is 68.9 Å². The van der Waals surface area contributed by atoms with Gasteiger partial charge >= 0.3 is 0 Å². The zero-order chi connectivity index (χ0) is 12.4. The van der Waals surface area contributed by atoms with Crippen LogP contribution in [0.3, 0.4) is 0 Å². The minimum atomic E-state index is -0.421. The molecule has 5 nitrogen and oxygen atoms in total. The second kappa shape index (κ2) is 4.75. The minimum absolute atomic E-state index is 0.0254. The first-order valence-corrected chi connectivity index (χ1v) is 6.02. The summed E-state index contributed by atoms with van der Waals surface area (Å²) >= 11 is 3.28. The van der Waals surface area contributed by atoms with Crippen molar-refractivity contribution < 1.29 is 4.92 Å². The molecule has 0 fully saturated rings. The Kier molecular flexibility index (Phi) is 3.33. The van der Waals surface area contributed by atoms with Gasteiger partial charge in [-0.15, -0.1) is 0 Å². The summed E-state index contributed by atoms with van der Waals surface area (Å²) in [6, 6.07) is 4.85. The molecule has 0 atom stereocenters. The van der Waals surface area contributed by atoms with Crippen molar-refractivity contribution in [1.29, 1.82) is 0 Å². The van der Waals surface area contributed by atoms with Crippen molar-refractivity contribution in [3.63, 3.8) is 0 Å². The van der Waals surface area contributed by atoms with Gasteiger partial charge in [-0.25, -0.2) is 9.97 Å². The fourth-order valence-corrected chi connectivity index (χ4v) is 2.26. The number of hydrogen-bond acceptors (Lipinski definition) is 4. The molecular weight excluding hydrogens is 286 g/mol. The number of nitrogens with zero attached hydrogens (tertiary/aromatic N) is 3. The first-order valence-electron chi connectivity index (χ1n) is 5.23. The maximum atomic E-state index is 10.9. The van der Waals surface area contributed by atoms with Gasteiger partial charge in [0.25, 0.3) is 5.69 Å². The summed E-state index contributed by atoms with van der Waals surface area (Å²) in [7, 11) is 0. The van der Waals surface area contributed by atoms with Crippen LogP contribution in [0.4, 0.5) is 5.69 Å². The molecule has 1 aromatic carbocycles. The van der Waals surface area contributed by atoms with Gasteiger partial charge in [0.1, 0.15) is 15.8 Å². The maximum absolute atomic E-state index is 10.9. The van der Waals surface area contributed by atoms with Gasteiger partial charge in [-0.3, -0.25) is 10.1 Å². The van der Waals surface area contributed by atoms with Gasteiger partial charge in [-0.05, 0) is 28.4 Å². The number of aromatic nitrogens is 2. The van der Waals surface area contributed by atoms with Crippen LogP contribution in [0.25, 0.3) is 10.9 Å². The molecule has 0 saturated heterocycles. The van der Waals surface area contributed by atoms with E-state index < -0.39 is 4.92 Å². The van der Waals surface area contributed by atoms with Crippen molar-refractivity contribution in [2.45, 2.75) is 19.8 Å². The van der Waals surface area contributed by atoms with E-state index >= 15 is 0 Å². The highest BCUT2D eigenvalue weighted by molar-refractivity contribution is 9.10. The van der Waals surface area contributed by atoms with Crippen LogP contribution in [0.1, 0.15) is 19.2 Å². The van der Waals surface area contributed by atoms with Crippen LogP contribution in [-0.4, -0.2) is 14.9 Å². The van der Waals surface area contributed by atoms with Crippen LogP contribution in [0.5, 0.6) is 0 Å². The number of aryl methyl sites for hydroxylation is 1. The van der Waals surface area contributed by atoms with E-state index in [0.29, 0.717) is 21.3 Å². The zero-order valence-electron chi connectivity index (χ0n) is 9.18. The Morgan fingerprint density at radius 3 is 2.82 bits per heavy atom. The number of halogens is 1. The van der Waals surface area contributed by atoms with E-state index in [2.05, 4.69) is 25.9 Å². The Labute approximate surface area is 106 Å². The van der Waals surface area contributed by atoms with Gasteiger partial charge < -0.3 is 0 Å². The van der Waals surface area contributed by atoms with E-state index in [0.717, 1.165) is 12.8 Å². The number of hydrogen-bond donors (Lipinski definition) is 0. The minimum Gasteiger partial charge on any atom is -0.258 e. The van der Waals surface area contributed by atoms with Crippen molar-refractivity contribution in [3.05, 3.63) is 38.7 Å².